The van der Waals surface area contributed by atoms with Gasteiger partial charge in [0, 0.05) is 17.6 Å². The minimum atomic E-state index is -1.05. The maximum absolute atomic E-state index is 12.4. The first-order valence-electron chi connectivity index (χ1n) is 8.94. The summed E-state index contributed by atoms with van der Waals surface area (Å²) in [4.78, 5) is 36.0. The van der Waals surface area contributed by atoms with Crippen LogP contribution in [0.1, 0.15) is 46.5 Å². The summed E-state index contributed by atoms with van der Waals surface area (Å²) in [6.45, 7) is 9.33. The van der Waals surface area contributed by atoms with Crippen LogP contribution in [0.5, 0.6) is 0 Å². The minimum absolute atomic E-state index is 0.0151. The van der Waals surface area contributed by atoms with E-state index < -0.39 is 36.0 Å². The number of carboxylic acid groups (broad SMARTS) is 1. The number of carboxylic acids is 1. The van der Waals surface area contributed by atoms with Crippen molar-refractivity contribution in [3.63, 3.8) is 0 Å². The predicted octanol–water partition coefficient (Wildman–Crippen LogP) is 3.18. The summed E-state index contributed by atoms with van der Waals surface area (Å²) >= 11 is 0. The van der Waals surface area contributed by atoms with Crippen LogP contribution in [-0.4, -0.2) is 35.2 Å². The molecule has 1 aliphatic heterocycles. The lowest BCUT2D eigenvalue weighted by atomic mass is 9.85. The monoisotopic (exact) mass is 362 g/mol. The number of carbonyl (C=O) groups excluding carboxylic acids is 2. The Labute approximate surface area is 153 Å². The minimum Gasteiger partial charge on any atom is -0.478 e. The molecule has 1 aliphatic carbocycles. The first-order valence-corrected chi connectivity index (χ1v) is 8.94. The molecule has 0 aromatic carbocycles. The summed E-state index contributed by atoms with van der Waals surface area (Å²) in [5.74, 6) is -2.90. The Balaban J connectivity index is 2.43. The number of carbonyl (C=O) groups is 3. The van der Waals surface area contributed by atoms with Crippen molar-refractivity contribution in [2.24, 2.45) is 11.8 Å². The zero-order valence-electron chi connectivity index (χ0n) is 15.5. The number of allylic oxidation sites excluding steroid dienone is 2. The van der Waals surface area contributed by atoms with E-state index in [1.54, 1.807) is 13.0 Å². The highest BCUT2D eigenvalue weighted by molar-refractivity contribution is 5.91. The second kappa shape index (κ2) is 8.34. The molecule has 6 heteroatoms. The van der Waals surface area contributed by atoms with Crippen molar-refractivity contribution in [2.75, 3.05) is 0 Å². The third-order valence-electron chi connectivity index (χ3n) is 5.02. The lowest BCUT2D eigenvalue weighted by molar-refractivity contribution is -0.157. The Morgan fingerprint density at radius 3 is 2.77 bits per heavy atom. The summed E-state index contributed by atoms with van der Waals surface area (Å²) < 4.78 is 11.1. The highest BCUT2D eigenvalue weighted by atomic mass is 16.6. The predicted molar refractivity (Wildman–Crippen MR) is 95.2 cm³/mol. The Morgan fingerprint density at radius 1 is 1.46 bits per heavy atom. The van der Waals surface area contributed by atoms with Crippen molar-refractivity contribution in [1.82, 2.24) is 0 Å². The van der Waals surface area contributed by atoms with Crippen LogP contribution >= 0.6 is 0 Å². The lowest BCUT2D eigenvalue weighted by Gasteiger charge is -2.28. The van der Waals surface area contributed by atoms with E-state index in [1.807, 2.05) is 19.9 Å². The molecule has 0 bridgehead atoms. The second-order valence-corrected chi connectivity index (χ2v) is 7.00. The lowest BCUT2D eigenvalue weighted by Crippen LogP contribution is -2.35. The molecule has 0 aromatic heterocycles. The first-order chi connectivity index (χ1) is 12.2. The second-order valence-electron chi connectivity index (χ2n) is 7.00. The molecular formula is C20H26O6. The molecule has 0 aromatic rings. The van der Waals surface area contributed by atoms with Gasteiger partial charge in [-0.25, -0.2) is 9.59 Å². The summed E-state index contributed by atoms with van der Waals surface area (Å²) in [6, 6.07) is 0. The number of fused-ring (bicyclic) bond motifs is 1. The summed E-state index contributed by atoms with van der Waals surface area (Å²) in [6.07, 6.45) is 3.94. The number of aliphatic carboxylic acids is 1. The summed E-state index contributed by atoms with van der Waals surface area (Å²) in [5.41, 5.74) is 1.37. The van der Waals surface area contributed by atoms with Gasteiger partial charge in [-0.05, 0) is 32.3 Å². The van der Waals surface area contributed by atoms with Gasteiger partial charge in [-0.1, -0.05) is 32.1 Å². The van der Waals surface area contributed by atoms with Gasteiger partial charge in [-0.2, -0.15) is 0 Å². The fourth-order valence-corrected chi connectivity index (χ4v) is 3.17. The van der Waals surface area contributed by atoms with Crippen molar-refractivity contribution in [3.8, 4) is 0 Å². The third kappa shape index (κ3) is 4.42. The van der Waals surface area contributed by atoms with Gasteiger partial charge < -0.3 is 14.6 Å². The molecule has 4 atom stereocenters. The SMILES string of the molecule is C=C1C(=O)OC2C=C(C)CCC=C(C(=O)O)CC(OC(=O)C(C)CC)C12. The van der Waals surface area contributed by atoms with E-state index in [0.717, 1.165) is 5.57 Å². The van der Waals surface area contributed by atoms with Gasteiger partial charge in [-0.15, -0.1) is 0 Å². The van der Waals surface area contributed by atoms with Gasteiger partial charge in [0.2, 0.25) is 0 Å². The Bertz CT molecular complexity index is 672. The summed E-state index contributed by atoms with van der Waals surface area (Å²) in [5, 5.41) is 9.50. The largest absolute Gasteiger partial charge is 0.478 e. The van der Waals surface area contributed by atoms with Crippen molar-refractivity contribution >= 4 is 17.9 Å². The topological polar surface area (TPSA) is 89.9 Å². The average Bonchev–Trinajstić information content (AvgIpc) is 2.85. The van der Waals surface area contributed by atoms with E-state index in [4.69, 9.17) is 9.47 Å². The van der Waals surface area contributed by atoms with Crippen LogP contribution in [0, 0.1) is 11.8 Å². The number of rotatable bonds is 4. The fraction of sp³-hybridized carbons (Fsp3) is 0.550. The van der Waals surface area contributed by atoms with E-state index >= 15 is 0 Å². The maximum atomic E-state index is 12.4. The van der Waals surface area contributed by atoms with Crippen molar-refractivity contribution in [2.45, 2.75) is 58.7 Å². The van der Waals surface area contributed by atoms with Gasteiger partial charge >= 0.3 is 17.9 Å². The Morgan fingerprint density at radius 2 is 2.15 bits per heavy atom. The zero-order chi connectivity index (χ0) is 19.4. The normalized spacial score (nSPS) is 27.6. The van der Waals surface area contributed by atoms with Crippen molar-refractivity contribution in [3.05, 3.63) is 35.5 Å². The molecule has 1 saturated heterocycles. The number of hydrogen-bond acceptors (Lipinski definition) is 5. The molecule has 4 unspecified atom stereocenters. The molecule has 2 aliphatic rings. The number of esters is 2. The van der Waals surface area contributed by atoms with Crippen LogP contribution in [-0.2, 0) is 23.9 Å². The molecule has 26 heavy (non-hydrogen) atoms. The molecule has 0 radical (unpaired) electrons. The highest BCUT2D eigenvalue weighted by Crippen LogP contribution is 2.36. The molecule has 1 N–H and O–H groups in total. The van der Waals surface area contributed by atoms with Gasteiger partial charge in [0.05, 0.1) is 11.8 Å². The Hall–Kier alpha value is -2.37. The molecular weight excluding hydrogens is 336 g/mol. The van der Waals surface area contributed by atoms with Crippen LogP contribution in [0.3, 0.4) is 0 Å². The van der Waals surface area contributed by atoms with Crippen molar-refractivity contribution < 1.29 is 29.0 Å². The quantitative estimate of drug-likeness (QED) is 0.469. The molecule has 1 fully saturated rings. The molecule has 0 spiro atoms. The average molecular weight is 362 g/mol. The molecule has 0 saturated carbocycles. The summed E-state index contributed by atoms with van der Waals surface area (Å²) in [7, 11) is 0. The van der Waals surface area contributed by atoms with Gasteiger partial charge in [-0.3, -0.25) is 4.79 Å². The standard InChI is InChI=1S/C20H26O6/c1-5-12(3)19(23)25-16-10-14(18(21)22)8-6-7-11(2)9-15-17(16)13(4)20(24)26-15/h8-9,12,15-17H,4-7,10H2,1-3H3,(H,21,22). The first kappa shape index (κ1) is 19.9. The van der Waals surface area contributed by atoms with E-state index in [2.05, 4.69) is 6.58 Å². The van der Waals surface area contributed by atoms with Crippen LogP contribution in [0.25, 0.3) is 0 Å². The Kier molecular flexibility index (Phi) is 6.40. The van der Waals surface area contributed by atoms with Crippen LogP contribution < -0.4 is 0 Å². The third-order valence-corrected chi connectivity index (χ3v) is 5.02. The molecule has 6 nitrogen and oxygen atoms in total. The molecule has 142 valence electrons. The van der Waals surface area contributed by atoms with Gasteiger partial charge in [0.15, 0.2) is 0 Å². The molecule has 2 rings (SSSR count). The molecule has 1 heterocycles. The van der Waals surface area contributed by atoms with Crippen LogP contribution in [0.15, 0.2) is 35.5 Å². The van der Waals surface area contributed by atoms with Crippen LogP contribution in [0.2, 0.25) is 0 Å². The van der Waals surface area contributed by atoms with Gasteiger partial charge in [0.25, 0.3) is 0 Å². The van der Waals surface area contributed by atoms with Gasteiger partial charge in [0.1, 0.15) is 12.2 Å². The number of hydrogen-bond donors (Lipinski definition) is 1. The highest BCUT2D eigenvalue weighted by Gasteiger charge is 2.45. The van der Waals surface area contributed by atoms with E-state index in [9.17, 15) is 19.5 Å². The zero-order valence-corrected chi connectivity index (χ0v) is 15.5. The van der Waals surface area contributed by atoms with Crippen LogP contribution in [0.4, 0.5) is 0 Å². The van der Waals surface area contributed by atoms with E-state index in [-0.39, 0.29) is 23.5 Å². The maximum Gasteiger partial charge on any atom is 0.334 e. The van der Waals surface area contributed by atoms with E-state index in [1.165, 1.54) is 0 Å². The molecule has 0 amide bonds. The fourth-order valence-electron chi connectivity index (χ4n) is 3.17. The van der Waals surface area contributed by atoms with Crippen molar-refractivity contribution in [1.29, 1.82) is 0 Å². The van der Waals surface area contributed by atoms with E-state index in [0.29, 0.717) is 19.3 Å². The smallest absolute Gasteiger partial charge is 0.334 e. The number of ether oxygens (including phenoxy) is 2.